The molecule has 0 saturated heterocycles. The molecule has 0 atom stereocenters. The molecule has 0 heterocycles. The largest absolute Gasteiger partial charge is 0.184 e. The van der Waals surface area contributed by atoms with Gasteiger partial charge in [-0.2, -0.15) is 30.3 Å². The van der Waals surface area contributed by atoms with Crippen LogP contribution in [0.15, 0.2) is 48.5 Å². The van der Waals surface area contributed by atoms with Gasteiger partial charge in [0.15, 0.2) is 0 Å². The van der Waals surface area contributed by atoms with Gasteiger partial charge in [0.2, 0.25) is 0 Å². The van der Waals surface area contributed by atoms with Crippen LogP contribution >= 0.6 is 0 Å². The fourth-order valence-corrected chi connectivity index (χ4v) is 3.12. The Morgan fingerprint density at radius 2 is 1.35 bits per heavy atom. The molecule has 0 nitrogen and oxygen atoms in total. The molecule has 1 saturated carbocycles. The van der Waals surface area contributed by atoms with Crippen LogP contribution in [-0.2, 0) is 32.7 Å². The summed E-state index contributed by atoms with van der Waals surface area (Å²) in [6.45, 7) is 2.38. The second kappa shape index (κ2) is 7.52. The van der Waals surface area contributed by atoms with E-state index in [0.29, 0.717) is 0 Å². The van der Waals surface area contributed by atoms with Crippen molar-refractivity contribution in [2.24, 2.45) is 5.92 Å². The van der Waals surface area contributed by atoms with Crippen LogP contribution in [0.3, 0.4) is 0 Å². The summed E-state index contributed by atoms with van der Waals surface area (Å²) in [7, 11) is 0. The van der Waals surface area contributed by atoms with Gasteiger partial charge in [0, 0.05) is 32.7 Å². The molecule has 1 fully saturated rings. The number of benzene rings is 2. The van der Waals surface area contributed by atoms with Gasteiger partial charge in [-0.3, -0.25) is 0 Å². The Labute approximate surface area is 147 Å². The minimum Gasteiger partial charge on any atom is -0.184 e. The van der Waals surface area contributed by atoms with Gasteiger partial charge in [-0.05, 0) is 35.8 Å². The number of rotatable bonds is 2. The van der Waals surface area contributed by atoms with Crippen LogP contribution in [0.1, 0.15) is 44.1 Å². The molecule has 3 rings (SSSR count). The minimum absolute atomic E-state index is 0. The Balaban J connectivity index is 0.00000147. The summed E-state index contributed by atoms with van der Waals surface area (Å²) < 4.78 is 0. The Morgan fingerprint density at radius 3 is 1.95 bits per heavy atom. The molecule has 0 amide bonds. The first-order chi connectivity index (χ1) is 9.33. The van der Waals surface area contributed by atoms with Crippen LogP contribution in [0.5, 0.6) is 0 Å². The van der Waals surface area contributed by atoms with E-state index in [0.717, 1.165) is 11.8 Å². The van der Waals surface area contributed by atoms with Crippen molar-refractivity contribution in [1.29, 1.82) is 0 Å². The maximum atomic E-state index is 3.07. The van der Waals surface area contributed by atoms with Crippen LogP contribution in [0, 0.1) is 12.0 Å². The quantitative estimate of drug-likeness (QED) is 0.639. The minimum atomic E-state index is 0. The van der Waals surface area contributed by atoms with E-state index >= 15 is 0 Å². The van der Waals surface area contributed by atoms with E-state index in [4.69, 9.17) is 0 Å². The van der Waals surface area contributed by atoms with Gasteiger partial charge in [-0.25, -0.2) is 0 Å². The fraction of sp³-hybridized carbons (Fsp3) is 0.368. The Hall–Kier alpha value is -0.456. The number of hydrogen-bond acceptors (Lipinski definition) is 0. The van der Waals surface area contributed by atoms with E-state index in [1.807, 2.05) is 12.1 Å². The van der Waals surface area contributed by atoms with Gasteiger partial charge < -0.3 is 0 Å². The smallest absolute Gasteiger partial charge is 0 e. The third-order valence-corrected chi connectivity index (χ3v) is 4.45. The topological polar surface area (TPSA) is 0 Å². The maximum absolute atomic E-state index is 3.07. The summed E-state index contributed by atoms with van der Waals surface area (Å²) >= 11 is 0. The van der Waals surface area contributed by atoms with Gasteiger partial charge in [-0.15, -0.1) is 5.56 Å². The molecule has 0 N–H and O–H groups in total. The van der Waals surface area contributed by atoms with Crippen LogP contribution in [0.4, 0.5) is 0 Å². The van der Waals surface area contributed by atoms with Gasteiger partial charge >= 0.3 is 0 Å². The number of hydrogen-bond donors (Lipinski definition) is 0. The summed E-state index contributed by atoms with van der Waals surface area (Å²) in [6.07, 6.45) is 5.50. The first-order valence-corrected chi connectivity index (χ1v) is 7.39. The molecule has 1 radical (unpaired) electrons. The van der Waals surface area contributed by atoms with E-state index in [1.54, 1.807) is 0 Å². The molecule has 0 bridgehead atoms. The van der Waals surface area contributed by atoms with E-state index in [2.05, 4.69) is 49.4 Å². The molecule has 2 aromatic carbocycles. The van der Waals surface area contributed by atoms with E-state index < -0.39 is 0 Å². The summed E-state index contributed by atoms with van der Waals surface area (Å²) in [5.41, 5.74) is 4.11. The molecule has 1 aliphatic rings. The van der Waals surface area contributed by atoms with E-state index in [9.17, 15) is 0 Å². The molecule has 101 valence electrons. The van der Waals surface area contributed by atoms with Gasteiger partial charge in [0.1, 0.15) is 0 Å². The van der Waals surface area contributed by atoms with Crippen molar-refractivity contribution < 1.29 is 32.7 Å². The first-order valence-electron chi connectivity index (χ1n) is 7.39. The zero-order valence-corrected chi connectivity index (χ0v) is 15.0. The average molecular weight is 338 g/mol. The van der Waals surface area contributed by atoms with Crippen LogP contribution in [0.2, 0.25) is 0 Å². The Bertz CT molecular complexity index is 507. The molecule has 0 aliphatic heterocycles. The molecular weight excluding hydrogens is 317 g/mol. The molecule has 20 heavy (non-hydrogen) atoms. The summed E-state index contributed by atoms with van der Waals surface area (Å²) in [4.78, 5) is 0. The second-order valence-electron chi connectivity index (χ2n) is 5.87. The molecule has 1 heteroatoms. The van der Waals surface area contributed by atoms with Crippen LogP contribution in [0.25, 0.3) is 11.1 Å². The van der Waals surface area contributed by atoms with Gasteiger partial charge in [0.05, 0.1) is 0 Å². The summed E-state index contributed by atoms with van der Waals surface area (Å²) in [6, 6.07) is 20.5. The van der Waals surface area contributed by atoms with Gasteiger partial charge in [-0.1, -0.05) is 44.0 Å². The van der Waals surface area contributed by atoms with Crippen LogP contribution in [-0.4, -0.2) is 0 Å². The second-order valence-corrected chi connectivity index (χ2v) is 5.87. The maximum Gasteiger partial charge on any atom is 0 e. The first kappa shape index (κ1) is 15.9. The predicted octanol–water partition coefficient (Wildman–Crippen LogP) is 5.44. The molecule has 2 aromatic rings. The van der Waals surface area contributed by atoms with Crippen molar-refractivity contribution in [2.45, 2.75) is 38.5 Å². The Kier molecular flexibility index (Phi) is 5.99. The van der Waals surface area contributed by atoms with Crippen molar-refractivity contribution in [3.05, 3.63) is 60.2 Å². The molecule has 0 unspecified atom stereocenters. The summed E-state index contributed by atoms with van der Waals surface area (Å²) in [5.74, 6) is 1.71. The summed E-state index contributed by atoms with van der Waals surface area (Å²) in [5, 5.41) is 0. The third kappa shape index (κ3) is 3.80. The van der Waals surface area contributed by atoms with Crippen LogP contribution < -0.4 is 0 Å². The van der Waals surface area contributed by atoms with Crippen molar-refractivity contribution >= 4 is 0 Å². The van der Waals surface area contributed by atoms with Crippen molar-refractivity contribution in [3.63, 3.8) is 0 Å². The zero-order valence-electron chi connectivity index (χ0n) is 12.2. The third-order valence-electron chi connectivity index (χ3n) is 4.45. The molecule has 0 spiro atoms. The Morgan fingerprint density at radius 1 is 0.800 bits per heavy atom. The normalized spacial score (nSPS) is 22.1. The van der Waals surface area contributed by atoms with E-state index in [1.165, 1.54) is 42.4 Å². The predicted molar refractivity (Wildman–Crippen MR) is 81.1 cm³/mol. The SMILES string of the molecule is CC1CCC(c2ccc(-c3cc[c-]cc3)cc2)CC1.[Y]. The molecule has 0 aromatic heterocycles. The molecular formula is C19H21Y-. The van der Waals surface area contributed by atoms with E-state index in [-0.39, 0.29) is 32.7 Å². The molecule has 1 aliphatic carbocycles. The van der Waals surface area contributed by atoms with Crippen molar-refractivity contribution in [2.75, 3.05) is 0 Å². The van der Waals surface area contributed by atoms with Gasteiger partial charge in [0.25, 0.3) is 0 Å². The zero-order chi connectivity index (χ0) is 13.1. The average Bonchev–Trinajstić information content (AvgIpc) is 2.49. The van der Waals surface area contributed by atoms with Crippen molar-refractivity contribution in [1.82, 2.24) is 0 Å². The standard InChI is InChI=1S/C19H21.Y/c1-15-7-9-17(10-8-15)19-13-11-18(12-14-19)16-5-3-2-4-6-16;/h3-6,11-15,17H,7-10H2,1H3;/q-1;. The fourth-order valence-electron chi connectivity index (χ4n) is 3.12. The van der Waals surface area contributed by atoms with Crippen molar-refractivity contribution in [3.8, 4) is 11.1 Å². The monoisotopic (exact) mass is 338 g/mol.